The Morgan fingerprint density at radius 3 is 2.87 bits per heavy atom. The SMILES string of the molecule is CC(N)C(=O)NCC1NCCCC1(C)C. The highest BCUT2D eigenvalue weighted by Crippen LogP contribution is 2.29. The molecule has 1 saturated heterocycles. The van der Waals surface area contributed by atoms with Crippen LogP contribution in [0.5, 0.6) is 0 Å². The summed E-state index contributed by atoms with van der Waals surface area (Å²) in [6, 6.07) is -0.0642. The molecule has 2 atom stereocenters. The highest BCUT2D eigenvalue weighted by Gasteiger charge is 2.31. The fraction of sp³-hybridized carbons (Fsp3) is 0.909. The number of carbonyl (C=O) groups is 1. The van der Waals surface area contributed by atoms with Crippen molar-refractivity contribution in [1.29, 1.82) is 0 Å². The van der Waals surface area contributed by atoms with Crippen molar-refractivity contribution in [3.8, 4) is 0 Å². The maximum absolute atomic E-state index is 11.3. The van der Waals surface area contributed by atoms with E-state index >= 15 is 0 Å². The second-order valence-corrected chi connectivity index (χ2v) is 5.13. The lowest BCUT2D eigenvalue weighted by Gasteiger charge is -2.39. The van der Waals surface area contributed by atoms with Crippen LogP contribution in [0.15, 0.2) is 0 Å². The Morgan fingerprint density at radius 1 is 1.67 bits per heavy atom. The first-order chi connectivity index (χ1) is 6.93. The predicted octanol–water partition coefficient (Wildman–Crippen LogP) is 0.228. The van der Waals surface area contributed by atoms with Crippen LogP contribution in [0.4, 0.5) is 0 Å². The van der Waals surface area contributed by atoms with Gasteiger partial charge in [0.25, 0.3) is 0 Å². The third-order valence-corrected chi connectivity index (χ3v) is 3.23. The van der Waals surface area contributed by atoms with Gasteiger partial charge in [0.05, 0.1) is 6.04 Å². The van der Waals surface area contributed by atoms with E-state index in [9.17, 15) is 4.79 Å². The predicted molar refractivity (Wildman–Crippen MR) is 61.5 cm³/mol. The minimum absolute atomic E-state index is 0.0711. The van der Waals surface area contributed by atoms with Gasteiger partial charge < -0.3 is 16.4 Å². The van der Waals surface area contributed by atoms with Crippen LogP contribution in [0.3, 0.4) is 0 Å². The minimum Gasteiger partial charge on any atom is -0.353 e. The number of nitrogens with two attached hydrogens (primary N) is 1. The summed E-state index contributed by atoms with van der Waals surface area (Å²) in [5.74, 6) is -0.0711. The van der Waals surface area contributed by atoms with E-state index in [0.29, 0.717) is 12.6 Å². The van der Waals surface area contributed by atoms with Gasteiger partial charge in [-0.2, -0.15) is 0 Å². The molecule has 4 N–H and O–H groups in total. The number of piperidine rings is 1. The second-order valence-electron chi connectivity index (χ2n) is 5.13. The van der Waals surface area contributed by atoms with Gasteiger partial charge in [-0.3, -0.25) is 4.79 Å². The molecule has 2 unspecified atom stereocenters. The standard InChI is InChI=1S/C11H23N3O/c1-8(12)10(15)14-7-9-11(2,3)5-4-6-13-9/h8-9,13H,4-7,12H2,1-3H3,(H,14,15). The van der Waals surface area contributed by atoms with Gasteiger partial charge in [-0.1, -0.05) is 13.8 Å². The molecule has 0 aromatic heterocycles. The molecule has 0 saturated carbocycles. The average molecular weight is 213 g/mol. The molecule has 0 aliphatic carbocycles. The third-order valence-electron chi connectivity index (χ3n) is 3.23. The summed E-state index contributed by atoms with van der Waals surface area (Å²) in [5.41, 5.74) is 5.74. The molecule has 0 bridgehead atoms. The van der Waals surface area contributed by atoms with Crippen molar-refractivity contribution in [2.24, 2.45) is 11.1 Å². The van der Waals surface area contributed by atoms with Crippen LogP contribution in [-0.2, 0) is 4.79 Å². The summed E-state index contributed by atoms with van der Waals surface area (Å²) >= 11 is 0. The first-order valence-electron chi connectivity index (χ1n) is 5.70. The molecule has 1 heterocycles. The van der Waals surface area contributed by atoms with Crippen molar-refractivity contribution in [1.82, 2.24) is 10.6 Å². The second kappa shape index (κ2) is 4.94. The Morgan fingerprint density at radius 2 is 2.33 bits per heavy atom. The summed E-state index contributed by atoms with van der Waals surface area (Å²) in [7, 11) is 0. The number of hydrogen-bond donors (Lipinski definition) is 3. The van der Waals surface area contributed by atoms with Gasteiger partial charge in [0.1, 0.15) is 0 Å². The number of hydrogen-bond acceptors (Lipinski definition) is 3. The van der Waals surface area contributed by atoms with E-state index in [0.717, 1.165) is 6.54 Å². The molecule has 15 heavy (non-hydrogen) atoms. The minimum atomic E-state index is -0.420. The van der Waals surface area contributed by atoms with Crippen LogP contribution < -0.4 is 16.4 Å². The van der Waals surface area contributed by atoms with Crippen LogP contribution in [0.25, 0.3) is 0 Å². The van der Waals surface area contributed by atoms with Gasteiger partial charge >= 0.3 is 0 Å². The Labute approximate surface area is 92.0 Å². The van der Waals surface area contributed by atoms with E-state index in [-0.39, 0.29) is 11.3 Å². The first-order valence-corrected chi connectivity index (χ1v) is 5.70. The third kappa shape index (κ3) is 3.47. The lowest BCUT2D eigenvalue weighted by Crippen LogP contribution is -2.54. The van der Waals surface area contributed by atoms with Gasteiger partial charge in [-0.05, 0) is 31.7 Å². The van der Waals surface area contributed by atoms with E-state index in [1.54, 1.807) is 6.92 Å². The van der Waals surface area contributed by atoms with Gasteiger partial charge in [0, 0.05) is 12.6 Å². The maximum Gasteiger partial charge on any atom is 0.236 e. The van der Waals surface area contributed by atoms with Gasteiger partial charge in [0.2, 0.25) is 5.91 Å². The lowest BCUT2D eigenvalue weighted by atomic mass is 9.77. The zero-order valence-electron chi connectivity index (χ0n) is 9.97. The van der Waals surface area contributed by atoms with Crippen molar-refractivity contribution in [2.75, 3.05) is 13.1 Å². The number of amides is 1. The Kier molecular flexibility index (Phi) is 4.11. The Bertz CT molecular complexity index is 226. The van der Waals surface area contributed by atoms with E-state index in [2.05, 4.69) is 24.5 Å². The molecular formula is C11H23N3O. The monoisotopic (exact) mass is 213 g/mol. The molecule has 1 rings (SSSR count). The quantitative estimate of drug-likeness (QED) is 0.628. The van der Waals surface area contributed by atoms with Crippen LogP contribution >= 0.6 is 0 Å². The largest absolute Gasteiger partial charge is 0.353 e. The van der Waals surface area contributed by atoms with Gasteiger partial charge in [-0.15, -0.1) is 0 Å². The fourth-order valence-corrected chi connectivity index (χ4v) is 1.98. The zero-order valence-corrected chi connectivity index (χ0v) is 9.97. The van der Waals surface area contributed by atoms with Crippen molar-refractivity contribution in [3.63, 3.8) is 0 Å². The number of carbonyl (C=O) groups excluding carboxylic acids is 1. The summed E-state index contributed by atoms with van der Waals surface area (Å²) in [4.78, 5) is 11.3. The van der Waals surface area contributed by atoms with Crippen molar-refractivity contribution < 1.29 is 4.79 Å². The summed E-state index contributed by atoms with van der Waals surface area (Å²) in [6.45, 7) is 7.90. The summed E-state index contributed by atoms with van der Waals surface area (Å²) < 4.78 is 0. The Balaban J connectivity index is 2.40. The van der Waals surface area contributed by atoms with E-state index in [1.807, 2.05) is 0 Å². The van der Waals surface area contributed by atoms with Crippen LogP contribution in [-0.4, -0.2) is 31.1 Å². The zero-order chi connectivity index (χ0) is 11.5. The highest BCUT2D eigenvalue weighted by molar-refractivity contribution is 5.80. The molecule has 0 aromatic carbocycles. The number of rotatable bonds is 3. The van der Waals surface area contributed by atoms with Crippen LogP contribution in [0, 0.1) is 5.41 Å². The van der Waals surface area contributed by atoms with Gasteiger partial charge in [-0.25, -0.2) is 0 Å². The molecule has 88 valence electrons. The molecule has 0 spiro atoms. The van der Waals surface area contributed by atoms with E-state index in [1.165, 1.54) is 12.8 Å². The van der Waals surface area contributed by atoms with Crippen molar-refractivity contribution in [3.05, 3.63) is 0 Å². The van der Waals surface area contributed by atoms with Gasteiger partial charge in [0.15, 0.2) is 0 Å². The maximum atomic E-state index is 11.3. The smallest absolute Gasteiger partial charge is 0.236 e. The molecule has 1 amide bonds. The topological polar surface area (TPSA) is 67.2 Å². The first kappa shape index (κ1) is 12.5. The van der Waals surface area contributed by atoms with Crippen LogP contribution in [0.2, 0.25) is 0 Å². The molecule has 1 aliphatic heterocycles. The molecule has 1 aliphatic rings. The van der Waals surface area contributed by atoms with E-state index in [4.69, 9.17) is 5.73 Å². The van der Waals surface area contributed by atoms with Crippen molar-refractivity contribution in [2.45, 2.75) is 45.7 Å². The molecular weight excluding hydrogens is 190 g/mol. The Hall–Kier alpha value is -0.610. The molecule has 0 radical (unpaired) electrons. The fourth-order valence-electron chi connectivity index (χ4n) is 1.98. The van der Waals surface area contributed by atoms with Crippen molar-refractivity contribution >= 4 is 5.91 Å². The lowest BCUT2D eigenvalue weighted by molar-refractivity contribution is -0.122. The molecule has 0 aromatic rings. The van der Waals surface area contributed by atoms with E-state index < -0.39 is 6.04 Å². The molecule has 4 heteroatoms. The number of nitrogens with one attached hydrogen (secondary N) is 2. The summed E-state index contributed by atoms with van der Waals surface area (Å²) in [6.07, 6.45) is 2.42. The molecule has 1 fully saturated rings. The normalized spacial score (nSPS) is 27.1. The summed E-state index contributed by atoms with van der Waals surface area (Å²) in [5, 5.41) is 6.33. The van der Waals surface area contributed by atoms with Crippen LogP contribution in [0.1, 0.15) is 33.6 Å². The average Bonchev–Trinajstić information content (AvgIpc) is 2.14. The molecule has 4 nitrogen and oxygen atoms in total. The highest BCUT2D eigenvalue weighted by atomic mass is 16.2.